The van der Waals surface area contributed by atoms with Crippen LogP contribution in [-0.4, -0.2) is 33.8 Å². The summed E-state index contributed by atoms with van der Waals surface area (Å²) in [6.45, 7) is 4.28. The molecule has 0 bridgehead atoms. The zero-order chi connectivity index (χ0) is 21.0. The number of ether oxygens (including phenoxy) is 1. The van der Waals surface area contributed by atoms with E-state index in [0.717, 1.165) is 4.47 Å². The van der Waals surface area contributed by atoms with Gasteiger partial charge in [-0.3, -0.25) is 14.2 Å². The van der Waals surface area contributed by atoms with Gasteiger partial charge in [0.15, 0.2) is 5.16 Å². The highest BCUT2D eigenvalue weighted by molar-refractivity contribution is 9.10. The molecular formula is C19H18BrN3O4S2. The third kappa shape index (κ3) is 4.88. The minimum Gasteiger partial charge on any atom is -0.462 e. The Morgan fingerprint density at radius 3 is 2.83 bits per heavy atom. The van der Waals surface area contributed by atoms with Gasteiger partial charge in [0, 0.05) is 11.0 Å². The van der Waals surface area contributed by atoms with E-state index in [1.807, 2.05) is 13.0 Å². The van der Waals surface area contributed by atoms with Crippen LogP contribution in [0.1, 0.15) is 24.2 Å². The molecule has 0 unspecified atom stereocenters. The Labute approximate surface area is 183 Å². The van der Waals surface area contributed by atoms with E-state index in [9.17, 15) is 14.4 Å². The Bertz CT molecular complexity index is 1130. The topological polar surface area (TPSA) is 90.3 Å². The van der Waals surface area contributed by atoms with Crippen molar-refractivity contribution < 1.29 is 14.3 Å². The maximum atomic E-state index is 12.8. The van der Waals surface area contributed by atoms with Crippen molar-refractivity contribution in [2.24, 2.45) is 0 Å². The fraction of sp³-hybridized carbons (Fsp3) is 0.263. The molecule has 10 heteroatoms. The van der Waals surface area contributed by atoms with Crippen molar-refractivity contribution in [3.05, 3.63) is 50.0 Å². The second-order valence-corrected chi connectivity index (χ2v) is 8.60. The summed E-state index contributed by atoms with van der Waals surface area (Å²) in [6, 6.07) is 6.94. The molecule has 1 aromatic carbocycles. The molecule has 0 spiro atoms. The van der Waals surface area contributed by atoms with Gasteiger partial charge in [0.05, 0.1) is 28.8 Å². The van der Waals surface area contributed by atoms with Gasteiger partial charge in [-0.25, -0.2) is 9.78 Å². The summed E-state index contributed by atoms with van der Waals surface area (Å²) < 4.78 is 7.34. The average Bonchev–Trinajstić information content (AvgIpc) is 3.15. The van der Waals surface area contributed by atoms with Gasteiger partial charge in [-0.1, -0.05) is 27.7 Å². The first kappa shape index (κ1) is 21.5. The number of hydrogen-bond acceptors (Lipinski definition) is 7. The van der Waals surface area contributed by atoms with E-state index >= 15 is 0 Å². The summed E-state index contributed by atoms with van der Waals surface area (Å²) in [4.78, 5) is 41.6. The molecule has 7 nitrogen and oxygen atoms in total. The lowest BCUT2D eigenvalue weighted by atomic mass is 10.2. The Morgan fingerprint density at radius 2 is 2.10 bits per heavy atom. The highest BCUT2D eigenvalue weighted by atomic mass is 79.9. The summed E-state index contributed by atoms with van der Waals surface area (Å²) in [7, 11) is 0. The van der Waals surface area contributed by atoms with Crippen LogP contribution in [0.25, 0.3) is 10.9 Å². The zero-order valence-electron chi connectivity index (χ0n) is 15.7. The highest BCUT2D eigenvalue weighted by Crippen LogP contribution is 2.25. The number of halogens is 1. The molecule has 3 aromatic rings. The Hall–Kier alpha value is -2.17. The van der Waals surface area contributed by atoms with Gasteiger partial charge in [-0.2, -0.15) is 0 Å². The van der Waals surface area contributed by atoms with Gasteiger partial charge in [0.25, 0.3) is 5.56 Å². The van der Waals surface area contributed by atoms with Crippen LogP contribution in [0, 0.1) is 0 Å². The van der Waals surface area contributed by atoms with Gasteiger partial charge in [0.2, 0.25) is 5.91 Å². The van der Waals surface area contributed by atoms with Crippen LogP contribution in [-0.2, 0) is 16.1 Å². The molecular weight excluding hydrogens is 478 g/mol. The van der Waals surface area contributed by atoms with E-state index in [0.29, 0.717) is 33.2 Å². The Kier molecular flexibility index (Phi) is 7.09. The van der Waals surface area contributed by atoms with Crippen molar-refractivity contribution in [3.8, 4) is 0 Å². The normalized spacial score (nSPS) is 10.9. The van der Waals surface area contributed by atoms with Crippen molar-refractivity contribution in [2.75, 3.05) is 17.7 Å². The number of aromatic nitrogens is 2. The fourth-order valence-electron chi connectivity index (χ4n) is 2.63. The van der Waals surface area contributed by atoms with E-state index in [-0.39, 0.29) is 23.8 Å². The molecule has 1 amide bonds. The molecule has 0 saturated carbocycles. The number of fused-ring (bicyclic) bond motifs is 1. The van der Waals surface area contributed by atoms with Crippen LogP contribution >= 0.6 is 39.0 Å². The number of carbonyl (C=O) groups is 2. The minimum atomic E-state index is -0.473. The molecule has 2 heterocycles. The number of esters is 1. The standard InChI is InChI=1S/C19H18BrN3O4S2/c1-3-23-17(25)13-9-11(20)5-6-14(13)21-19(23)29-10-15(24)22-16-12(7-8-28-16)18(26)27-4-2/h5-9H,3-4,10H2,1-2H3,(H,22,24). The van der Waals surface area contributed by atoms with E-state index in [2.05, 4.69) is 26.2 Å². The largest absolute Gasteiger partial charge is 0.462 e. The molecule has 0 aliphatic heterocycles. The monoisotopic (exact) mass is 495 g/mol. The molecule has 0 saturated heterocycles. The van der Waals surface area contributed by atoms with Gasteiger partial charge < -0.3 is 10.1 Å². The van der Waals surface area contributed by atoms with Crippen LogP contribution in [0.5, 0.6) is 0 Å². The van der Waals surface area contributed by atoms with E-state index in [4.69, 9.17) is 4.74 Å². The SMILES string of the molecule is CCOC(=O)c1ccsc1NC(=O)CSc1nc2ccc(Br)cc2c(=O)n1CC. The minimum absolute atomic E-state index is 0.0502. The Balaban J connectivity index is 1.76. The van der Waals surface area contributed by atoms with Crippen molar-refractivity contribution in [1.29, 1.82) is 0 Å². The number of nitrogens with zero attached hydrogens (tertiary/aromatic N) is 2. The molecule has 29 heavy (non-hydrogen) atoms. The third-order valence-corrected chi connectivity index (χ3v) is 6.24. The third-order valence-electron chi connectivity index (χ3n) is 3.94. The second-order valence-electron chi connectivity index (χ2n) is 5.83. The van der Waals surface area contributed by atoms with Crippen LogP contribution in [0.3, 0.4) is 0 Å². The number of nitrogens with one attached hydrogen (secondary N) is 1. The van der Waals surface area contributed by atoms with Gasteiger partial charge in [-0.15, -0.1) is 11.3 Å². The predicted octanol–water partition coefficient (Wildman–Crippen LogP) is 4.15. The van der Waals surface area contributed by atoms with Crippen molar-refractivity contribution in [1.82, 2.24) is 9.55 Å². The van der Waals surface area contributed by atoms with Crippen LogP contribution in [0.4, 0.5) is 5.00 Å². The second kappa shape index (κ2) is 9.55. The fourth-order valence-corrected chi connectivity index (χ4v) is 4.65. The maximum Gasteiger partial charge on any atom is 0.341 e. The first-order valence-electron chi connectivity index (χ1n) is 8.82. The van der Waals surface area contributed by atoms with Gasteiger partial charge in [-0.05, 0) is 43.5 Å². The molecule has 0 fully saturated rings. The number of rotatable bonds is 7. The molecule has 0 atom stereocenters. The number of anilines is 1. The number of benzene rings is 1. The number of thiophene rings is 1. The summed E-state index contributed by atoms with van der Waals surface area (Å²) >= 11 is 5.79. The lowest BCUT2D eigenvalue weighted by Crippen LogP contribution is -2.23. The molecule has 0 radical (unpaired) electrons. The summed E-state index contributed by atoms with van der Waals surface area (Å²) in [5, 5.41) is 5.88. The first-order valence-corrected chi connectivity index (χ1v) is 11.5. The molecule has 152 valence electrons. The van der Waals surface area contributed by atoms with Crippen molar-refractivity contribution >= 4 is 66.8 Å². The van der Waals surface area contributed by atoms with Crippen LogP contribution in [0.15, 0.2) is 44.1 Å². The first-order chi connectivity index (χ1) is 13.9. The van der Waals surface area contributed by atoms with Crippen LogP contribution < -0.4 is 10.9 Å². The molecule has 0 aliphatic rings. The van der Waals surface area contributed by atoms with E-state index in [1.54, 1.807) is 35.1 Å². The number of amides is 1. The number of thioether (sulfide) groups is 1. The molecule has 2 aromatic heterocycles. The Morgan fingerprint density at radius 1 is 1.31 bits per heavy atom. The van der Waals surface area contributed by atoms with Gasteiger partial charge in [0.1, 0.15) is 5.00 Å². The summed E-state index contributed by atoms with van der Waals surface area (Å²) in [5.41, 5.74) is 0.758. The summed E-state index contributed by atoms with van der Waals surface area (Å²) in [5.74, 6) is -0.719. The quantitative estimate of drug-likeness (QED) is 0.300. The van der Waals surface area contributed by atoms with E-state index < -0.39 is 5.97 Å². The van der Waals surface area contributed by atoms with Gasteiger partial charge >= 0.3 is 5.97 Å². The lowest BCUT2D eigenvalue weighted by molar-refractivity contribution is -0.113. The number of hydrogen-bond donors (Lipinski definition) is 1. The molecule has 3 rings (SSSR count). The van der Waals surface area contributed by atoms with E-state index in [1.165, 1.54) is 23.1 Å². The zero-order valence-corrected chi connectivity index (χ0v) is 18.9. The smallest absolute Gasteiger partial charge is 0.341 e. The molecule has 0 aliphatic carbocycles. The van der Waals surface area contributed by atoms with Crippen molar-refractivity contribution in [3.63, 3.8) is 0 Å². The predicted molar refractivity (Wildman–Crippen MR) is 119 cm³/mol. The highest BCUT2D eigenvalue weighted by Gasteiger charge is 2.17. The number of carbonyl (C=O) groups excluding carboxylic acids is 2. The summed E-state index contributed by atoms with van der Waals surface area (Å²) in [6.07, 6.45) is 0. The molecule has 1 N–H and O–H groups in total. The lowest BCUT2D eigenvalue weighted by Gasteiger charge is -2.11. The van der Waals surface area contributed by atoms with Crippen molar-refractivity contribution in [2.45, 2.75) is 25.5 Å². The maximum absolute atomic E-state index is 12.8. The van der Waals surface area contributed by atoms with Crippen LogP contribution in [0.2, 0.25) is 0 Å². The average molecular weight is 496 g/mol.